The van der Waals surface area contributed by atoms with Gasteiger partial charge in [-0.1, -0.05) is 33.8 Å². The van der Waals surface area contributed by atoms with Gasteiger partial charge in [-0.15, -0.1) is 6.58 Å². The summed E-state index contributed by atoms with van der Waals surface area (Å²) < 4.78 is 30.1. The molecule has 0 spiro atoms. The van der Waals surface area contributed by atoms with Crippen molar-refractivity contribution in [3.8, 4) is 0 Å². The maximum atomic E-state index is 14.2. The zero-order valence-corrected chi connectivity index (χ0v) is 29.9. The van der Waals surface area contributed by atoms with Crippen LogP contribution in [-0.2, 0) is 38.1 Å². The van der Waals surface area contributed by atoms with E-state index in [0.717, 1.165) is 0 Å². The number of rotatable bonds is 7. The number of aliphatic hydroxyl groups is 1. The molecule has 0 unspecified atom stereocenters. The van der Waals surface area contributed by atoms with Crippen molar-refractivity contribution >= 4 is 29.7 Å². The second-order valence-electron chi connectivity index (χ2n) is 14.2. The number of hydrogen-bond donors (Lipinski definition) is 3. The van der Waals surface area contributed by atoms with Crippen LogP contribution in [0, 0.1) is 23.7 Å². The Labute approximate surface area is 283 Å². The van der Waals surface area contributed by atoms with Gasteiger partial charge in [0.05, 0.1) is 12.1 Å². The Kier molecular flexibility index (Phi) is 12.8. The van der Waals surface area contributed by atoms with Crippen LogP contribution in [0.25, 0.3) is 0 Å². The first-order chi connectivity index (χ1) is 22.3. The van der Waals surface area contributed by atoms with E-state index in [1.807, 2.05) is 25.9 Å². The summed E-state index contributed by atoms with van der Waals surface area (Å²) in [7, 11) is 3.64. The van der Waals surface area contributed by atoms with Gasteiger partial charge >= 0.3 is 18.2 Å². The van der Waals surface area contributed by atoms with E-state index in [4.69, 9.17) is 23.7 Å². The van der Waals surface area contributed by atoms with Gasteiger partial charge in [-0.25, -0.2) is 9.59 Å². The molecule has 3 aliphatic rings. The molecular weight excluding hydrogens is 626 g/mol. The Morgan fingerprint density at radius 3 is 2.33 bits per heavy atom. The summed E-state index contributed by atoms with van der Waals surface area (Å²) in [5, 5.41) is 16.7. The molecule has 0 radical (unpaired) electrons. The summed E-state index contributed by atoms with van der Waals surface area (Å²) >= 11 is 0. The minimum Gasteiger partial charge on any atom is -0.458 e. The van der Waals surface area contributed by atoms with Crippen LogP contribution in [0.3, 0.4) is 0 Å². The Hall–Kier alpha value is -3.07. The maximum absolute atomic E-state index is 14.2. The molecule has 13 atom stereocenters. The third-order valence-electron chi connectivity index (χ3n) is 10.2. The topological polar surface area (TPSA) is 179 Å². The summed E-state index contributed by atoms with van der Waals surface area (Å²) in [6.07, 6.45) is -4.54. The van der Waals surface area contributed by atoms with Gasteiger partial charge in [0.15, 0.2) is 17.7 Å². The van der Waals surface area contributed by atoms with Crippen LogP contribution in [0.4, 0.5) is 9.59 Å². The highest BCUT2D eigenvalue weighted by Gasteiger charge is 2.57. The number of Topliss-reactive ketones (excluding diaryl/α,β-unsaturated/α-hetero) is 2. The number of aliphatic hydroxyl groups excluding tert-OH is 1. The third-order valence-corrected chi connectivity index (χ3v) is 10.2. The lowest BCUT2D eigenvalue weighted by Gasteiger charge is -2.47. The number of amides is 2. The fraction of sp³-hybridized carbons (Fsp3) is 0.794. The minimum absolute atomic E-state index is 0.0777. The highest BCUT2D eigenvalue weighted by Crippen LogP contribution is 2.40. The minimum atomic E-state index is -1.69. The smallest absolute Gasteiger partial charge is 0.408 e. The second kappa shape index (κ2) is 15.6. The molecule has 3 N–H and O–H groups in total. The lowest BCUT2D eigenvalue weighted by molar-refractivity contribution is -0.292. The molecule has 14 heteroatoms. The maximum Gasteiger partial charge on any atom is 0.408 e. The fourth-order valence-corrected chi connectivity index (χ4v) is 7.49. The van der Waals surface area contributed by atoms with Gasteiger partial charge < -0.3 is 44.3 Å². The van der Waals surface area contributed by atoms with E-state index in [2.05, 4.69) is 17.2 Å². The van der Waals surface area contributed by atoms with E-state index in [9.17, 15) is 29.1 Å². The quantitative estimate of drug-likeness (QED) is 0.155. The van der Waals surface area contributed by atoms with Crippen LogP contribution in [0.2, 0.25) is 0 Å². The van der Waals surface area contributed by atoms with Crippen LogP contribution in [-0.4, -0.2) is 114 Å². The molecule has 272 valence electrons. The van der Waals surface area contributed by atoms with E-state index in [1.54, 1.807) is 41.5 Å². The Bertz CT molecular complexity index is 1230. The number of hydrogen-bond acceptors (Lipinski definition) is 12. The van der Waals surface area contributed by atoms with E-state index in [1.165, 1.54) is 13.0 Å². The van der Waals surface area contributed by atoms with E-state index >= 15 is 0 Å². The number of alkyl carbamates (subject to hydrolysis) is 2. The number of ether oxygens (including phenoxy) is 5. The van der Waals surface area contributed by atoms with Crippen LogP contribution in [0.5, 0.6) is 0 Å². The molecule has 3 heterocycles. The summed E-state index contributed by atoms with van der Waals surface area (Å²) in [5.74, 6) is -5.81. The predicted molar refractivity (Wildman–Crippen MR) is 174 cm³/mol. The first kappa shape index (κ1) is 39.4. The van der Waals surface area contributed by atoms with Gasteiger partial charge in [0, 0.05) is 30.3 Å². The van der Waals surface area contributed by atoms with E-state index in [0.29, 0.717) is 6.42 Å². The molecule has 0 aromatic heterocycles. The Morgan fingerprint density at radius 2 is 1.75 bits per heavy atom. The normalized spacial score (nSPS) is 41.4. The highest BCUT2D eigenvalue weighted by atomic mass is 16.7. The molecule has 0 saturated carbocycles. The number of carbonyl (C=O) groups is 5. The van der Waals surface area contributed by atoms with Crippen molar-refractivity contribution in [3.63, 3.8) is 0 Å². The SMILES string of the molecule is C=CCNC(=O)O[C@@]1(C)C[C@@H](C)C(=O)[C@H](C)[C@H]2NC(=O)O[C@]2(C)[C@@H](CC)OC(=O)[C@H](C)C(=O)[C@H](C)[C@H]1O[C@@H]1O[C@H](C)C[C@H](N(C)C)[C@H]1O. The van der Waals surface area contributed by atoms with Crippen LogP contribution in [0.1, 0.15) is 74.7 Å². The summed E-state index contributed by atoms with van der Waals surface area (Å²) in [5.41, 5.74) is -3.11. The number of likely N-dealkylation sites (N-methyl/N-ethyl adjacent to an activating group) is 1. The molecule has 0 aromatic rings. The highest BCUT2D eigenvalue weighted by molar-refractivity contribution is 6.00. The molecule has 0 aromatic carbocycles. The number of carbonyl (C=O) groups excluding carboxylic acids is 5. The van der Waals surface area contributed by atoms with E-state index < -0.39 is 89.5 Å². The number of nitrogens with one attached hydrogen (secondary N) is 2. The number of esters is 1. The van der Waals surface area contributed by atoms with Gasteiger partial charge in [0.25, 0.3) is 0 Å². The number of ketones is 2. The monoisotopic (exact) mass is 681 g/mol. The molecule has 3 saturated heterocycles. The third kappa shape index (κ3) is 8.20. The Morgan fingerprint density at radius 1 is 1.10 bits per heavy atom. The lowest BCUT2D eigenvalue weighted by atomic mass is 9.73. The van der Waals surface area contributed by atoms with Crippen molar-refractivity contribution in [2.75, 3.05) is 20.6 Å². The summed E-state index contributed by atoms with van der Waals surface area (Å²) in [4.78, 5) is 69.5. The largest absolute Gasteiger partial charge is 0.458 e. The van der Waals surface area contributed by atoms with Crippen molar-refractivity contribution in [2.24, 2.45) is 23.7 Å². The molecule has 0 aliphatic carbocycles. The molecule has 2 amide bonds. The zero-order valence-electron chi connectivity index (χ0n) is 29.9. The van der Waals surface area contributed by atoms with Crippen molar-refractivity contribution in [1.29, 1.82) is 0 Å². The predicted octanol–water partition coefficient (Wildman–Crippen LogP) is 2.74. The van der Waals surface area contributed by atoms with Crippen molar-refractivity contribution in [3.05, 3.63) is 12.7 Å². The Balaban J connectivity index is 2.18. The van der Waals surface area contributed by atoms with Crippen molar-refractivity contribution in [2.45, 2.75) is 129 Å². The number of cyclic esters (lactones) is 1. The number of fused-ring (bicyclic) bond motifs is 1. The standard InChI is InChI=1S/C34H55N3O11/c1-12-14-35-31(42)47-33(8)16-17(3)24(38)19(5)27-34(9,48-32(43)36-27)23(13-2)45-29(41)21(7)25(39)20(6)28(33)46-30-26(40)22(37(10)11)15-18(4)44-30/h12,17-23,26-28,30,40H,1,13-16H2,2-11H3,(H,35,42)(H,36,43)/t17-,18-,19+,20+,21-,22+,23-,26-,27-,28-,30+,33+,34-/m1/s1. The lowest BCUT2D eigenvalue weighted by Crippen LogP contribution is -2.60. The molecule has 3 fully saturated rings. The van der Waals surface area contributed by atoms with Gasteiger partial charge in [0.2, 0.25) is 0 Å². The summed E-state index contributed by atoms with van der Waals surface area (Å²) in [6.45, 7) is 16.7. The first-order valence-corrected chi connectivity index (χ1v) is 16.8. The van der Waals surface area contributed by atoms with Crippen molar-refractivity contribution < 1.29 is 52.8 Å². The van der Waals surface area contributed by atoms with Crippen molar-refractivity contribution in [1.82, 2.24) is 15.5 Å². The summed E-state index contributed by atoms with van der Waals surface area (Å²) in [6, 6.07) is -1.23. The molecule has 48 heavy (non-hydrogen) atoms. The molecule has 3 aliphatic heterocycles. The number of nitrogens with zero attached hydrogens (tertiary/aromatic N) is 1. The van der Waals surface area contributed by atoms with E-state index in [-0.39, 0.29) is 37.3 Å². The molecular formula is C34H55N3O11. The fourth-order valence-electron chi connectivity index (χ4n) is 7.49. The van der Waals surface area contributed by atoms with Gasteiger partial charge in [-0.05, 0) is 61.1 Å². The zero-order chi connectivity index (χ0) is 36.3. The average Bonchev–Trinajstić information content (AvgIpc) is 3.34. The van der Waals surface area contributed by atoms with Gasteiger partial charge in [-0.3, -0.25) is 14.4 Å². The average molecular weight is 682 g/mol. The van der Waals surface area contributed by atoms with Crippen LogP contribution < -0.4 is 10.6 Å². The van der Waals surface area contributed by atoms with Crippen LogP contribution in [0.15, 0.2) is 12.7 Å². The van der Waals surface area contributed by atoms with Gasteiger partial charge in [-0.2, -0.15) is 0 Å². The second-order valence-corrected chi connectivity index (χ2v) is 14.2. The molecule has 3 rings (SSSR count). The molecule has 14 nitrogen and oxygen atoms in total. The van der Waals surface area contributed by atoms with Gasteiger partial charge in [0.1, 0.15) is 35.6 Å². The molecule has 0 bridgehead atoms. The first-order valence-electron chi connectivity index (χ1n) is 16.8. The van der Waals surface area contributed by atoms with Crippen LogP contribution >= 0.6 is 0 Å².